The monoisotopic (exact) mass is 369 g/mol. The molecule has 1 fully saturated rings. The zero-order valence-corrected chi connectivity index (χ0v) is 16.7. The quantitative estimate of drug-likeness (QED) is 0.574. The summed E-state index contributed by atoms with van der Waals surface area (Å²) in [5.74, 6) is 1.63. The van der Waals surface area contributed by atoms with Crippen LogP contribution in [0.3, 0.4) is 0 Å². The van der Waals surface area contributed by atoms with E-state index in [2.05, 4.69) is 43.9 Å². The van der Waals surface area contributed by atoms with Crippen molar-refractivity contribution in [1.82, 2.24) is 4.90 Å². The Balaban J connectivity index is 1.62. The number of rotatable bonds is 5. The summed E-state index contributed by atoms with van der Waals surface area (Å²) < 4.78 is 5.87. The second-order valence-electron chi connectivity index (χ2n) is 7.29. The van der Waals surface area contributed by atoms with Crippen LogP contribution in [0, 0.1) is 0 Å². The average molecular weight is 370 g/mol. The molecule has 2 unspecified atom stereocenters. The van der Waals surface area contributed by atoms with E-state index in [0.29, 0.717) is 17.1 Å². The predicted molar refractivity (Wildman–Crippen MR) is 111 cm³/mol. The Hall–Kier alpha value is -1.77. The molecule has 26 heavy (non-hydrogen) atoms. The summed E-state index contributed by atoms with van der Waals surface area (Å²) >= 11 is 5.91. The van der Waals surface area contributed by atoms with Crippen LogP contribution < -0.4 is 4.74 Å². The highest BCUT2D eigenvalue weighted by Gasteiger charge is 2.23. The van der Waals surface area contributed by atoms with Crippen molar-refractivity contribution in [2.45, 2.75) is 52.1 Å². The zero-order chi connectivity index (χ0) is 18.5. The number of nitrogens with zero attached hydrogens (tertiary/aromatic N) is 1. The fourth-order valence-corrected chi connectivity index (χ4v) is 3.75. The third-order valence-electron chi connectivity index (χ3n) is 5.34. The molecule has 1 heterocycles. The lowest BCUT2D eigenvalue weighted by molar-refractivity contribution is 0.119. The van der Waals surface area contributed by atoms with Gasteiger partial charge >= 0.3 is 0 Å². The van der Waals surface area contributed by atoms with Crippen molar-refractivity contribution < 1.29 is 4.74 Å². The Morgan fingerprint density at radius 3 is 2.12 bits per heavy atom. The Morgan fingerprint density at radius 2 is 1.54 bits per heavy atom. The first-order valence-electron chi connectivity index (χ1n) is 9.49. The van der Waals surface area contributed by atoms with Gasteiger partial charge < -0.3 is 4.74 Å². The Labute approximate surface area is 162 Å². The first-order valence-corrected chi connectivity index (χ1v) is 9.87. The number of likely N-dealkylation sites (tertiary alicyclic amines) is 1. The second-order valence-corrected chi connectivity index (χ2v) is 7.73. The van der Waals surface area contributed by atoms with Crippen molar-refractivity contribution >= 4 is 17.2 Å². The number of hydrogen-bond acceptors (Lipinski definition) is 2. The Morgan fingerprint density at radius 1 is 1.00 bits per heavy atom. The lowest BCUT2D eigenvalue weighted by atomic mass is 9.97. The highest BCUT2D eigenvalue weighted by molar-refractivity contribution is 6.30. The van der Waals surface area contributed by atoms with Gasteiger partial charge in [0, 0.05) is 23.7 Å². The number of ether oxygens (including phenoxy) is 1. The van der Waals surface area contributed by atoms with E-state index in [1.54, 1.807) is 0 Å². The van der Waals surface area contributed by atoms with Crippen LogP contribution >= 0.6 is 11.6 Å². The van der Waals surface area contributed by atoms with Crippen LogP contribution in [0.4, 0.5) is 0 Å². The van der Waals surface area contributed by atoms with Gasteiger partial charge in [-0.1, -0.05) is 36.2 Å². The first-order chi connectivity index (χ1) is 12.5. The Bertz CT molecular complexity index is 726. The largest absolute Gasteiger partial charge is 0.457 e. The fourth-order valence-electron chi connectivity index (χ4n) is 3.62. The highest BCUT2D eigenvalue weighted by Crippen LogP contribution is 2.26. The minimum Gasteiger partial charge on any atom is -0.457 e. The highest BCUT2D eigenvalue weighted by atomic mass is 35.5. The van der Waals surface area contributed by atoms with E-state index in [1.807, 2.05) is 36.4 Å². The molecule has 2 aromatic rings. The van der Waals surface area contributed by atoms with Gasteiger partial charge in [-0.05, 0) is 81.1 Å². The lowest BCUT2D eigenvalue weighted by Gasteiger charge is -2.38. The van der Waals surface area contributed by atoms with Crippen molar-refractivity contribution in [3.8, 4) is 11.5 Å². The SMILES string of the molecule is CC(=CCN1C(C)CCCC1C)c1ccc(Oc2ccc(Cl)cc2)cc1. The van der Waals surface area contributed by atoms with E-state index in [-0.39, 0.29) is 0 Å². The molecule has 138 valence electrons. The third-order valence-corrected chi connectivity index (χ3v) is 5.60. The van der Waals surface area contributed by atoms with Gasteiger partial charge in [0.15, 0.2) is 0 Å². The van der Waals surface area contributed by atoms with E-state index in [0.717, 1.165) is 18.0 Å². The van der Waals surface area contributed by atoms with Gasteiger partial charge in [-0.15, -0.1) is 0 Å². The minimum absolute atomic E-state index is 0.679. The van der Waals surface area contributed by atoms with Crippen LogP contribution in [-0.4, -0.2) is 23.5 Å². The van der Waals surface area contributed by atoms with Gasteiger partial charge in [-0.3, -0.25) is 4.90 Å². The molecule has 3 heteroatoms. The van der Waals surface area contributed by atoms with E-state index < -0.39 is 0 Å². The maximum absolute atomic E-state index is 5.91. The summed E-state index contributed by atoms with van der Waals surface area (Å²) in [5.41, 5.74) is 2.55. The van der Waals surface area contributed by atoms with E-state index >= 15 is 0 Å². The van der Waals surface area contributed by atoms with Gasteiger partial charge in [0.1, 0.15) is 11.5 Å². The summed E-state index contributed by atoms with van der Waals surface area (Å²) in [6, 6.07) is 17.1. The van der Waals surface area contributed by atoms with Crippen LogP contribution in [-0.2, 0) is 0 Å². The normalized spacial score (nSPS) is 21.6. The molecular formula is C23H28ClNO. The van der Waals surface area contributed by atoms with Gasteiger partial charge in [0.25, 0.3) is 0 Å². The molecule has 0 spiro atoms. The molecule has 0 aromatic heterocycles. The smallest absolute Gasteiger partial charge is 0.127 e. The number of piperidine rings is 1. The summed E-state index contributed by atoms with van der Waals surface area (Å²) in [7, 11) is 0. The standard InChI is InChI=1S/C23H28ClNO/c1-17(15-16-25-18(2)5-4-6-19(25)3)20-7-11-22(12-8-20)26-23-13-9-21(24)10-14-23/h7-15,18-19H,4-6,16H2,1-3H3. The first kappa shape index (κ1) is 19.0. The van der Waals surface area contributed by atoms with Crippen LogP contribution in [0.2, 0.25) is 5.02 Å². The van der Waals surface area contributed by atoms with E-state index in [1.165, 1.54) is 30.4 Å². The zero-order valence-electron chi connectivity index (χ0n) is 15.9. The number of allylic oxidation sites excluding steroid dienone is 1. The molecule has 0 bridgehead atoms. The number of halogens is 1. The molecule has 1 saturated heterocycles. The second kappa shape index (κ2) is 8.75. The number of benzene rings is 2. The maximum atomic E-state index is 5.91. The molecule has 2 atom stereocenters. The van der Waals surface area contributed by atoms with Crippen molar-refractivity contribution in [2.24, 2.45) is 0 Å². The predicted octanol–water partition coefficient (Wildman–Crippen LogP) is 6.80. The minimum atomic E-state index is 0.679. The van der Waals surface area contributed by atoms with Gasteiger partial charge in [-0.25, -0.2) is 0 Å². The van der Waals surface area contributed by atoms with Gasteiger partial charge in [0.05, 0.1) is 0 Å². The van der Waals surface area contributed by atoms with Gasteiger partial charge in [0.2, 0.25) is 0 Å². The van der Waals surface area contributed by atoms with Crippen LogP contribution in [0.1, 0.15) is 45.6 Å². The molecule has 0 aliphatic carbocycles. The molecule has 0 amide bonds. The molecule has 0 N–H and O–H groups in total. The number of hydrogen-bond donors (Lipinski definition) is 0. The van der Waals surface area contributed by atoms with E-state index in [9.17, 15) is 0 Å². The molecule has 3 rings (SSSR count). The summed E-state index contributed by atoms with van der Waals surface area (Å²) in [6.45, 7) is 7.91. The summed E-state index contributed by atoms with van der Waals surface area (Å²) in [6.07, 6.45) is 6.34. The maximum Gasteiger partial charge on any atom is 0.127 e. The fraction of sp³-hybridized carbons (Fsp3) is 0.391. The lowest BCUT2D eigenvalue weighted by Crippen LogP contribution is -2.43. The average Bonchev–Trinajstić information content (AvgIpc) is 2.64. The molecule has 0 saturated carbocycles. The van der Waals surface area contributed by atoms with Crippen LogP contribution in [0.5, 0.6) is 11.5 Å². The summed E-state index contributed by atoms with van der Waals surface area (Å²) in [4.78, 5) is 2.62. The molecule has 0 radical (unpaired) electrons. The van der Waals surface area contributed by atoms with Crippen LogP contribution in [0.25, 0.3) is 5.57 Å². The molecule has 2 aromatic carbocycles. The molecule has 1 aliphatic heterocycles. The molecular weight excluding hydrogens is 342 g/mol. The van der Waals surface area contributed by atoms with Crippen molar-refractivity contribution in [3.63, 3.8) is 0 Å². The third kappa shape index (κ3) is 4.90. The summed E-state index contributed by atoms with van der Waals surface area (Å²) in [5, 5.41) is 0.714. The van der Waals surface area contributed by atoms with Crippen molar-refractivity contribution in [1.29, 1.82) is 0 Å². The van der Waals surface area contributed by atoms with Crippen molar-refractivity contribution in [3.05, 3.63) is 65.2 Å². The Kier molecular flexibility index (Phi) is 6.39. The van der Waals surface area contributed by atoms with Crippen LogP contribution in [0.15, 0.2) is 54.6 Å². The van der Waals surface area contributed by atoms with Crippen molar-refractivity contribution in [2.75, 3.05) is 6.54 Å². The topological polar surface area (TPSA) is 12.5 Å². The van der Waals surface area contributed by atoms with E-state index in [4.69, 9.17) is 16.3 Å². The van der Waals surface area contributed by atoms with Gasteiger partial charge in [-0.2, -0.15) is 0 Å². The molecule has 1 aliphatic rings. The molecule has 2 nitrogen and oxygen atoms in total.